The molecular weight excluding hydrogens is 717 g/mol. The van der Waals surface area contributed by atoms with Gasteiger partial charge < -0.3 is 35.1 Å². The Hall–Kier alpha value is -5.46. The van der Waals surface area contributed by atoms with Gasteiger partial charge in [-0.1, -0.05) is 104 Å². The lowest BCUT2D eigenvalue weighted by Gasteiger charge is -2.41. The van der Waals surface area contributed by atoms with Gasteiger partial charge in [0.2, 0.25) is 0 Å². The number of aliphatic hydroxyl groups is 1. The summed E-state index contributed by atoms with van der Waals surface area (Å²) in [4.78, 5) is 37.5. The van der Waals surface area contributed by atoms with Crippen molar-refractivity contribution < 1.29 is 38.8 Å². The number of carboxylic acid groups (broad SMARTS) is 1. The van der Waals surface area contributed by atoms with Crippen molar-refractivity contribution in [3.8, 4) is 11.1 Å². The number of ether oxygens (including phenoxy) is 3. The lowest BCUT2D eigenvalue weighted by molar-refractivity contribution is -0.268. The molecule has 55 heavy (non-hydrogen) atoms. The van der Waals surface area contributed by atoms with Crippen LogP contribution in [0.2, 0.25) is 0 Å². The van der Waals surface area contributed by atoms with Crippen LogP contribution in [0, 0.1) is 5.92 Å². The molecule has 0 aliphatic carbocycles. The van der Waals surface area contributed by atoms with Gasteiger partial charge in [-0.3, -0.25) is 0 Å². The number of carbonyl (C=O) groups is 3. The van der Waals surface area contributed by atoms with Gasteiger partial charge in [-0.25, -0.2) is 14.4 Å². The Labute approximate surface area is 324 Å². The van der Waals surface area contributed by atoms with Crippen molar-refractivity contribution in [2.45, 2.75) is 55.9 Å². The number of nitrogens with one attached hydrogen (secondary N) is 2. The Morgan fingerprint density at radius 2 is 1.47 bits per heavy atom. The Kier molecular flexibility index (Phi) is 13.4. The van der Waals surface area contributed by atoms with Gasteiger partial charge in [0, 0.05) is 35.1 Å². The van der Waals surface area contributed by atoms with E-state index in [1.165, 1.54) is 7.11 Å². The van der Waals surface area contributed by atoms with E-state index in [1.54, 1.807) is 23.9 Å². The Morgan fingerprint density at radius 1 is 0.782 bits per heavy atom. The van der Waals surface area contributed by atoms with E-state index >= 15 is 0 Å². The van der Waals surface area contributed by atoms with Gasteiger partial charge in [0.05, 0.1) is 31.5 Å². The number of hydrogen-bond donors (Lipinski definition) is 4. The number of hydrogen-bond acceptors (Lipinski definition) is 8. The molecule has 1 aliphatic rings. The normalized spacial score (nSPS) is 18.5. The highest BCUT2D eigenvalue weighted by atomic mass is 32.2. The first-order valence-corrected chi connectivity index (χ1v) is 19.0. The molecule has 5 aromatic rings. The topological polar surface area (TPSA) is 143 Å². The van der Waals surface area contributed by atoms with Crippen molar-refractivity contribution in [3.05, 3.63) is 161 Å². The smallest absolute Gasteiger partial charge is 0.335 e. The zero-order valence-corrected chi connectivity index (χ0v) is 31.4. The maximum Gasteiger partial charge on any atom is 0.335 e. The molecule has 4 N–H and O–H groups in total. The van der Waals surface area contributed by atoms with Crippen molar-refractivity contribution in [1.29, 1.82) is 0 Å². The van der Waals surface area contributed by atoms with E-state index in [4.69, 9.17) is 14.2 Å². The SMILES string of the molecule is COC(=O)[C@H](Cc1ccccc1)NC(=O)NCc1cccc(-c2ccc([C@@H]3O[C@H](CSc4ccc(C(=O)O)cc4)[C@H](C)[C@H](c4ccc(CO)cc4)O3)cc2)c1. The molecule has 5 atom stereocenters. The summed E-state index contributed by atoms with van der Waals surface area (Å²) in [6, 6.07) is 38.6. The fraction of sp³-hybridized carbons (Fsp3) is 0.250. The molecule has 0 bridgehead atoms. The zero-order valence-electron chi connectivity index (χ0n) is 30.6. The number of carbonyl (C=O) groups excluding carboxylic acids is 2. The van der Waals surface area contributed by atoms with Crippen LogP contribution in [0.25, 0.3) is 11.1 Å². The molecule has 11 heteroatoms. The largest absolute Gasteiger partial charge is 0.478 e. The molecule has 0 spiro atoms. The average Bonchev–Trinajstić information content (AvgIpc) is 3.22. The maximum absolute atomic E-state index is 12.8. The van der Waals surface area contributed by atoms with Gasteiger partial charge in [-0.05, 0) is 63.7 Å². The van der Waals surface area contributed by atoms with Crippen LogP contribution in [0.15, 0.2) is 132 Å². The van der Waals surface area contributed by atoms with Gasteiger partial charge in [0.25, 0.3) is 0 Å². The second-order valence-corrected chi connectivity index (χ2v) is 14.5. The number of esters is 1. The van der Waals surface area contributed by atoms with Gasteiger partial charge in [-0.15, -0.1) is 11.8 Å². The number of aromatic carboxylic acids is 1. The minimum atomic E-state index is -0.960. The molecule has 284 valence electrons. The summed E-state index contributed by atoms with van der Waals surface area (Å²) in [5.74, 6) is -0.853. The van der Waals surface area contributed by atoms with Gasteiger partial charge >= 0.3 is 18.0 Å². The third-order valence-electron chi connectivity index (χ3n) is 9.61. The quantitative estimate of drug-likeness (QED) is 0.0661. The summed E-state index contributed by atoms with van der Waals surface area (Å²) in [7, 11) is 1.30. The van der Waals surface area contributed by atoms with Crippen LogP contribution >= 0.6 is 11.8 Å². The van der Waals surface area contributed by atoms with Gasteiger partial charge in [-0.2, -0.15) is 0 Å². The number of benzene rings is 5. The minimum absolute atomic E-state index is 0.00469. The third-order valence-corrected chi connectivity index (χ3v) is 10.7. The summed E-state index contributed by atoms with van der Waals surface area (Å²) in [5, 5.41) is 24.5. The van der Waals surface area contributed by atoms with Crippen LogP contribution in [-0.2, 0) is 38.6 Å². The van der Waals surface area contributed by atoms with Crippen molar-refractivity contribution >= 4 is 29.7 Å². The highest BCUT2D eigenvalue weighted by Gasteiger charge is 2.38. The van der Waals surface area contributed by atoms with Crippen LogP contribution in [0.1, 0.15) is 57.5 Å². The van der Waals surface area contributed by atoms with Crippen molar-refractivity contribution in [2.75, 3.05) is 12.9 Å². The first-order valence-electron chi connectivity index (χ1n) is 18.0. The van der Waals surface area contributed by atoms with E-state index in [0.717, 1.165) is 43.8 Å². The maximum atomic E-state index is 12.8. The van der Waals surface area contributed by atoms with Crippen LogP contribution in [0.4, 0.5) is 4.79 Å². The number of thioether (sulfide) groups is 1. The van der Waals surface area contributed by atoms with E-state index in [9.17, 15) is 24.6 Å². The highest BCUT2D eigenvalue weighted by molar-refractivity contribution is 7.99. The van der Waals surface area contributed by atoms with Crippen LogP contribution in [0.5, 0.6) is 0 Å². The number of rotatable bonds is 14. The molecule has 0 saturated carbocycles. The monoisotopic (exact) mass is 760 g/mol. The molecule has 2 amide bonds. The highest BCUT2D eigenvalue weighted by Crippen LogP contribution is 2.43. The van der Waals surface area contributed by atoms with Crippen molar-refractivity contribution in [3.63, 3.8) is 0 Å². The van der Waals surface area contributed by atoms with E-state index in [0.29, 0.717) is 12.2 Å². The molecule has 10 nitrogen and oxygen atoms in total. The molecular formula is C44H44N2O8S. The van der Waals surface area contributed by atoms with E-state index in [2.05, 4.69) is 17.6 Å². The Morgan fingerprint density at radius 3 is 2.15 bits per heavy atom. The zero-order chi connectivity index (χ0) is 38.7. The summed E-state index contributed by atoms with van der Waals surface area (Å²) in [6.07, 6.45) is -0.788. The second kappa shape index (κ2) is 18.7. The third kappa shape index (κ3) is 10.4. The molecule has 0 radical (unpaired) electrons. The minimum Gasteiger partial charge on any atom is -0.478 e. The average molecular weight is 761 g/mol. The lowest BCUT2D eigenvalue weighted by atomic mass is 9.91. The predicted molar refractivity (Wildman–Crippen MR) is 210 cm³/mol. The fourth-order valence-electron chi connectivity index (χ4n) is 6.45. The van der Waals surface area contributed by atoms with Crippen molar-refractivity contribution in [1.82, 2.24) is 10.6 Å². The van der Waals surface area contributed by atoms with E-state index < -0.39 is 30.3 Å². The van der Waals surface area contributed by atoms with Crippen LogP contribution < -0.4 is 10.6 Å². The second-order valence-electron chi connectivity index (χ2n) is 13.4. The number of carboxylic acids is 1. The first-order chi connectivity index (χ1) is 26.7. The number of urea groups is 1. The van der Waals surface area contributed by atoms with Crippen LogP contribution in [-0.4, -0.2) is 53.2 Å². The first kappa shape index (κ1) is 39.2. The molecule has 1 saturated heterocycles. The number of amides is 2. The molecule has 6 rings (SSSR count). The standard InChI is InChI=1S/C44H44N2O8S/c1-28-39(27-55-37-21-19-34(20-22-37)41(48)49)53-43(54-40(28)33-13-11-30(26-47)12-14-33)35-17-15-32(16-18-35)36-10-6-9-31(23-36)25-45-44(51)46-38(42(50)52-2)24-29-7-4-3-5-8-29/h3-23,28,38-40,43,47H,24-27H2,1-2H3,(H,48,49)(H2,45,46,51)/t28-,38-,39+,40+,43+/m0/s1. The fourth-order valence-corrected chi connectivity index (χ4v) is 7.52. The van der Waals surface area contributed by atoms with Crippen molar-refractivity contribution in [2.24, 2.45) is 5.92 Å². The Balaban J connectivity index is 1.12. The summed E-state index contributed by atoms with van der Waals surface area (Å²) in [6.45, 7) is 2.32. The van der Waals surface area contributed by atoms with E-state index in [1.807, 2.05) is 115 Å². The summed E-state index contributed by atoms with van der Waals surface area (Å²) < 4.78 is 18.2. The molecule has 0 unspecified atom stereocenters. The molecule has 1 aliphatic heterocycles. The lowest BCUT2D eigenvalue weighted by Crippen LogP contribution is -2.47. The summed E-state index contributed by atoms with van der Waals surface area (Å²) in [5.41, 5.74) is 6.64. The molecule has 0 aromatic heterocycles. The number of aliphatic hydroxyl groups excluding tert-OH is 1. The van der Waals surface area contributed by atoms with E-state index in [-0.39, 0.29) is 36.8 Å². The molecule has 1 heterocycles. The molecule has 5 aromatic carbocycles. The Bertz CT molecular complexity index is 2040. The van der Waals surface area contributed by atoms with Gasteiger partial charge in [0.1, 0.15) is 6.04 Å². The molecule has 1 fully saturated rings. The number of methoxy groups -OCH3 is 1. The summed E-state index contributed by atoms with van der Waals surface area (Å²) >= 11 is 1.61. The van der Waals surface area contributed by atoms with Crippen LogP contribution in [0.3, 0.4) is 0 Å². The predicted octanol–water partition coefficient (Wildman–Crippen LogP) is 7.71. The van der Waals surface area contributed by atoms with Gasteiger partial charge in [0.15, 0.2) is 6.29 Å².